The highest BCUT2D eigenvalue weighted by Gasteiger charge is 2.24. The first-order valence-electron chi connectivity index (χ1n) is 13.5. The van der Waals surface area contributed by atoms with Gasteiger partial charge in [0.05, 0.1) is 34.4 Å². The molecule has 0 aliphatic rings. The number of rotatable bonds is 25. The van der Waals surface area contributed by atoms with Gasteiger partial charge in [-0.25, -0.2) is 4.57 Å². The molecule has 35 heavy (non-hydrogen) atoms. The van der Waals surface area contributed by atoms with Crippen molar-refractivity contribution < 1.29 is 32.5 Å². The Hall–Kier alpha value is -0.530. The van der Waals surface area contributed by atoms with E-state index in [2.05, 4.69) is 31.2 Å². The topological polar surface area (TPSA) is 74.2 Å². The number of hydrogen-bond donors (Lipinski definition) is 1. The lowest BCUT2D eigenvalue weighted by Crippen LogP contribution is -2.37. The number of hydrogen-bond acceptors (Lipinski definition) is 5. The normalized spacial score (nSPS) is 15.3. The number of nitrogens with zero attached hydrogens (tertiary/aromatic N) is 1. The molecule has 0 amide bonds. The molecule has 0 heterocycles. The summed E-state index contributed by atoms with van der Waals surface area (Å²) in [5.41, 5.74) is 0. The van der Waals surface area contributed by atoms with Crippen molar-refractivity contribution in [2.45, 2.75) is 90.1 Å². The number of phosphoric acid groups is 1. The number of phosphoric ester groups is 1. The summed E-state index contributed by atoms with van der Waals surface area (Å²) in [4.78, 5) is 9.78. The standard InChI is InChI=1S/C27H54NO6P/c1-6-7-8-9-10-11-12-13-14-15-16-17-18-19-20-21-23-32-25-27(31-5)26-34-35(29,30)33-24-22-28(2,3)4/h10-11,16-17,27H,6-9,12-15,18-26H2,1-5H3/p+1/b11-10-,17-16-/t27-/m1/s1. The molecule has 0 aromatic heterocycles. The van der Waals surface area contributed by atoms with Gasteiger partial charge in [0.15, 0.2) is 0 Å². The lowest BCUT2D eigenvalue weighted by molar-refractivity contribution is -0.870. The molecular weight excluding hydrogens is 465 g/mol. The third-order valence-corrected chi connectivity index (χ3v) is 6.52. The first-order chi connectivity index (χ1) is 16.7. The number of ether oxygens (including phenoxy) is 2. The average Bonchev–Trinajstić information content (AvgIpc) is 2.79. The van der Waals surface area contributed by atoms with E-state index in [4.69, 9.17) is 18.5 Å². The molecule has 0 saturated carbocycles. The molecule has 0 bridgehead atoms. The van der Waals surface area contributed by atoms with Gasteiger partial charge in [0.1, 0.15) is 19.3 Å². The molecule has 0 aromatic carbocycles. The number of unbranched alkanes of at least 4 members (excludes halogenated alkanes) is 9. The van der Waals surface area contributed by atoms with E-state index in [9.17, 15) is 9.46 Å². The zero-order valence-corrected chi connectivity index (χ0v) is 24.2. The fourth-order valence-electron chi connectivity index (χ4n) is 3.19. The van der Waals surface area contributed by atoms with E-state index in [-0.39, 0.29) is 13.2 Å². The summed E-state index contributed by atoms with van der Waals surface area (Å²) in [7, 11) is 3.41. The van der Waals surface area contributed by atoms with Crippen LogP contribution < -0.4 is 0 Å². The van der Waals surface area contributed by atoms with Crippen LogP contribution in [0.1, 0.15) is 84.0 Å². The van der Waals surface area contributed by atoms with Gasteiger partial charge >= 0.3 is 7.82 Å². The summed E-state index contributed by atoms with van der Waals surface area (Å²) in [5, 5.41) is 0. The van der Waals surface area contributed by atoms with Gasteiger partial charge in [-0.1, -0.05) is 50.5 Å². The number of quaternary nitrogens is 1. The second-order valence-corrected chi connectivity index (χ2v) is 11.6. The largest absolute Gasteiger partial charge is 0.472 e. The molecule has 0 rings (SSSR count). The maximum Gasteiger partial charge on any atom is 0.472 e. The predicted octanol–water partition coefficient (Wildman–Crippen LogP) is 6.67. The van der Waals surface area contributed by atoms with Crippen molar-refractivity contribution in [3.63, 3.8) is 0 Å². The quantitative estimate of drug-likeness (QED) is 0.0627. The van der Waals surface area contributed by atoms with Crippen molar-refractivity contribution >= 4 is 7.82 Å². The molecule has 0 fully saturated rings. The van der Waals surface area contributed by atoms with Gasteiger partial charge in [-0.3, -0.25) is 9.05 Å². The predicted molar refractivity (Wildman–Crippen MR) is 146 cm³/mol. The smallest absolute Gasteiger partial charge is 0.379 e. The van der Waals surface area contributed by atoms with E-state index in [0.29, 0.717) is 24.2 Å². The summed E-state index contributed by atoms with van der Waals surface area (Å²) in [5.74, 6) is 0. The van der Waals surface area contributed by atoms with Crippen LogP contribution in [0.4, 0.5) is 0 Å². The number of likely N-dealkylation sites (N-methyl/N-ethyl adjacent to an activating group) is 1. The molecule has 0 aromatic rings. The van der Waals surface area contributed by atoms with E-state index in [1.54, 1.807) is 0 Å². The Morgan fingerprint density at radius 3 is 1.83 bits per heavy atom. The van der Waals surface area contributed by atoms with Gasteiger partial charge in [0.25, 0.3) is 0 Å². The molecular formula is C27H55NO6P+. The van der Waals surface area contributed by atoms with Crippen LogP contribution in [-0.2, 0) is 23.1 Å². The maximum absolute atomic E-state index is 12.0. The number of methoxy groups -OCH3 is 1. The van der Waals surface area contributed by atoms with Crippen LogP contribution in [0.2, 0.25) is 0 Å². The maximum atomic E-state index is 12.0. The van der Waals surface area contributed by atoms with Crippen molar-refractivity contribution in [3.05, 3.63) is 24.3 Å². The van der Waals surface area contributed by atoms with E-state index in [0.717, 1.165) is 25.7 Å². The summed E-state index contributed by atoms with van der Waals surface area (Å²) in [6.07, 6.45) is 23.4. The van der Waals surface area contributed by atoms with Crippen LogP contribution in [-0.4, -0.2) is 76.7 Å². The average molecular weight is 521 g/mol. The van der Waals surface area contributed by atoms with Crippen LogP contribution in [0.15, 0.2) is 24.3 Å². The van der Waals surface area contributed by atoms with Gasteiger partial charge in [0, 0.05) is 13.7 Å². The highest BCUT2D eigenvalue weighted by Crippen LogP contribution is 2.43. The molecule has 8 heteroatoms. The Bertz CT molecular complexity index is 577. The Balaban J connectivity index is 3.61. The molecule has 1 unspecified atom stereocenters. The zero-order chi connectivity index (χ0) is 26.3. The molecule has 208 valence electrons. The molecule has 0 aliphatic heterocycles. The highest BCUT2D eigenvalue weighted by atomic mass is 31.2. The Morgan fingerprint density at radius 1 is 0.771 bits per heavy atom. The zero-order valence-electron chi connectivity index (χ0n) is 23.3. The second kappa shape index (κ2) is 22.7. The SMILES string of the molecule is CCCCC/C=C\CCCC/C=C\CCCCCOC[C@H](COP(=O)(O)OCC[N+](C)(C)C)OC. The van der Waals surface area contributed by atoms with Crippen molar-refractivity contribution in [2.75, 3.05) is 61.2 Å². The molecule has 1 N–H and O–H groups in total. The third-order valence-electron chi connectivity index (χ3n) is 5.54. The fraction of sp³-hybridized carbons (Fsp3) is 0.852. The van der Waals surface area contributed by atoms with Gasteiger partial charge in [-0.2, -0.15) is 0 Å². The van der Waals surface area contributed by atoms with Gasteiger partial charge < -0.3 is 18.9 Å². The fourth-order valence-corrected chi connectivity index (χ4v) is 3.94. The molecule has 7 nitrogen and oxygen atoms in total. The van der Waals surface area contributed by atoms with Crippen LogP contribution >= 0.6 is 7.82 Å². The van der Waals surface area contributed by atoms with E-state index in [1.807, 2.05) is 21.1 Å². The molecule has 0 saturated heterocycles. The van der Waals surface area contributed by atoms with Gasteiger partial charge in [-0.15, -0.1) is 0 Å². The van der Waals surface area contributed by atoms with E-state index in [1.165, 1.54) is 58.5 Å². The summed E-state index contributed by atoms with van der Waals surface area (Å²) >= 11 is 0. The molecule has 0 radical (unpaired) electrons. The Morgan fingerprint density at radius 2 is 1.31 bits per heavy atom. The van der Waals surface area contributed by atoms with Crippen molar-refractivity contribution in [1.29, 1.82) is 0 Å². The minimum atomic E-state index is -4.08. The van der Waals surface area contributed by atoms with Crippen molar-refractivity contribution in [3.8, 4) is 0 Å². The highest BCUT2D eigenvalue weighted by molar-refractivity contribution is 7.47. The Labute approximate surface area is 216 Å². The first-order valence-corrected chi connectivity index (χ1v) is 15.0. The Kier molecular flexibility index (Phi) is 22.3. The van der Waals surface area contributed by atoms with Crippen LogP contribution in [0.3, 0.4) is 0 Å². The summed E-state index contributed by atoms with van der Waals surface area (Å²) < 4.78 is 33.6. The lowest BCUT2D eigenvalue weighted by Gasteiger charge is -2.24. The molecule has 0 aliphatic carbocycles. The minimum Gasteiger partial charge on any atom is -0.379 e. The van der Waals surface area contributed by atoms with Crippen molar-refractivity contribution in [1.82, 2.24) is 0 Å². The number of allylic oxidation sites excluding steroid dienone is 4. The monoisotopic (exact) mass is 520 g/mol. The van der Waals surface area contributed by atoms with Gasteiger partial charge in [-0.05, 0) is 57.8 Å². The van der Waals surface area contributed by atoms with Crippen LogP contribution in [0.5, 0.6) is 0 Å². The van der Waals surface area contributed by atoms with Crippen molar-refractivity contribution in [2.24, 2.45) is 0 Å². The van der Waals surface area contributed by atoms with Gasteiger partial charge in [0.2, 0.25) is 0 Å². The first kappa shape index (κ1) is 34.5. The second-order valence-electron chi connectivity index (χ2n) is 10.1. The van der Waals surface area contributed by atoms with Crippen LogP contribution in [0.25, 0.3) is 0 Å². The summed E-state index contributed by atoms with van der Waals surface area (Å²) in [6, 6.07) is 0. The lowest BCUT2D eigenvalue weighted by atomic mass is 10.1. The van der Waals surface area contributed by atoms with Crippen LogP contribution in [0, 0.1) is 0 Å². The summed E-state index contributed by atoms with van der Waals surface area (Å²) in [6.45, 7) is 3.93. The molecule has 0 spiro atoms. The third kappa shape index (κ3) is 26.3. The van der Waals surface area contributed by atoms with E-state index < -0.39 is 13.9 Å². The molecule has 2 atom stereocenters. The minimum absolute atomic E-state index is 0.0469. The van der Waals surface area contributed by atoms with E-state index >= 15 is 0 Å².